The third-order valence-electron chi connectivity index (χ3n) is 3.46. The molecule has 26 heavy (non-hydrogen) atoms. The van der Waals surface area contributed by atoms with Gasteiger partial charge in [0.1, 0.15) is 12.4 Å². The molecule has 0 aliphatic rings. The Morgan fingerprint density at radius 1 is 1.12 bits per heavy atom. The van der Waals surface area contributed by atoms with Gasteiger partial charge in [0.15, 0.2) is 0 Å². The van der Waals surface area contributed by atoms with Crippen LogP contribution in [0, 0.1) is 0 Å². The molecular formula is C18H17Cl2NaO5. The number of carbonyl (C=O) groups excluding carboxylic acids is 1. The summed E-state index contributed by atoms with van der Waals surface area (Å²) in [5, 5.41) is 30.6. The van der Waals surface area contributed by atoms with Gasteiger partial charge in [0.25, 0.3) is 0 Å². The third-order valence-corrected chi connectivity index (χ3v) is 3.96. The van der Waals surface area contributed by atoms with Crippen LogP contribution in [0.1, 0.15) is 12.8 Å². The molecule has 0 fully saturated rings. The smallest absolute Gasteiger partial charge is 0.550 e. The Kier molecular flexibility index (Phi) is 9.97. The second-order valence-electron chi connectivity index (χ2n) is 5.56. The zero-order chi connectivity index (χ0) is 18.4. The molecule has 0 aromatic heterocycles. The number of halogens is 2. The molecule has 134 valence electrons. The molecule has 2 rings (SSSR count). The second kappa shape index (κ2) is 11.1. The van der Waals surface area contributed by atoms with E-state index in [-0.39, 0.29) is 47.6 Å². The fraction of sp³-hybridized carbons (Fsp3) is 0.278. The van der Waals surface area contributed by atoms with Crippen LogP contribution >= 0.6 is 23.2 Å². The number of carbonyl (C=O) groups is 1. The van der Waals surface area contributed by atoms with E-state index in [0.29, 0.717) is 16.3 Å². The fourth-order valence-corrected chi connectivity index (χ4v) is 2.92. The van der Waals surface area contributed by atoms with Crippen LogP contribution in [-0.4, -0.2) is 35.0 Å². The Morgan fingerprint density at radius 2 is 1.77 bits per heavy atom. The van der Waals surface area contributed by atoms with Gasteiger partial charge in [-0.15, -0.1) is 0 Å². The quantitative estimate of drug-likeness (QED) is 0.565. The first-order valence-corrected chi connectivity index (χ1v) is 8.35. The summed E-state index contributed by atoms with van der Waals surface area (Å²) in [5.41, 5.74) is 1.51. The van der Waals surface area contributed by atoms with Crippen molar-refractivity contribution < 1.29 is 54.4 Å². The van der Waals surface area contributed by atoms with Gasteiger partial charge < -0.3 is 24.9 Å². The van der Waals surface area contributed by atoms with E-state index in [4.69, 9.17) is 27.9 Å². The second-order valence-corrected chi connectivity index (χ2v) is 6.40. The van der Waals surface area contributed by atoms with E-state index in [1.807, 2.05) is 30.3 Å². The van der Waals surface area contributed by atoms with Gasteiger partial charge in [-0.1, -0.05) is 53.5 Å². The maximum atomic E-state index is 10.4. The van der Waals surface area contributed by atoms with Crippen molar-refractivity contribution in [2.24, 2.45) is 0 Å². The summed E-state index contributed by atoms with van der Waals surface area (Å²) in [6.07, 6.45) is -2.98. The summed E-state index contributed by atoms with van der Waals surface area (Å²) in [6, 6.07) is 12.6. The van der Waals surface area contributed by atoms with Gasteiger partial charge in [-0.3, -0.25) is 0 Å². The van der Waals surface area contributed by atoms with E-state index < -0.39 is 24.6 Å². The molecule has 2 aromatic rings. The van der Waals surface area contributed by atoms with Crippen LogP contribution in [0.15, 0.2) is 42.5 Å². The molecule has 0 aliphatic carbocycles. The molecule has 0 radical (unpaired) electrons. The number of rotatable bonds is 8. The number of carboxylic acid groups (broad SMARTS) is 1. The predicted octanol–water partition coefficient (Wildman–Crippen LogP) is -0.705. The molecule has 8 heteroatoms. The van der Waals surface area contributed by atoms with E-state index >= 15 is 0 Å². The largest absolute Gasteiger partial charge is 1.00 e. The van der Waals surface area contributed by atoms with Crippen molar-refractivity contribution in [3.05, 3.63) is 52.5 Å². The number of aliphatic carboxylic acids is 1. The molecule has 2 N–H and O–H groups in total. The Balaban J connectivity index is 0.00000338. The molecule has 0 heterocycles. The van der Waals surface area contributed by atoms with Gasteiger partial charge in [0.2, 0.25) is 0 Å². The minimum Gasteiger partial charge on any atom is -0.550 e. The van der Waals surface area contributed by atoms with Crippen molar-refractivity contribution in [2.45, 2.75) is 25.0 Å². The molecule has 1 unspecified atom stereocenters. The Morgan fingerprint density at radius 3 is 2.38 bits per heavy atom. The van der Waals surface area contributed by atoms with Crippen molar-refractivity contribution >= 4 is 29.2 Å². The third kappa shape index (κ3) is 7.08. The Bertz CT molecular complexity index is 727. The Hall–Kier alpha value is -0.790. The number of benzene rings is 2. The summed E-state index contributed by atoms with van der Waals surface area (Å²) in [5.74, 6) is -1.03. The van der Waals surface area contributed by atoms with Crippen molar-refractivity contribution in [3.8, 4) is 16.9 Å². The maximum absolute atomic E-state index is 10.4. The zero-order valence-corrected chi connectivity index (χ0v) is 17.7. The molecule has 0 bridgehead atoms. The number of hydrogen-bond donors (Lipinski definition) is 2. The van der Waals surface area contributed by atoms with E-state index in [1.54, 1.807) is 6.07 Å². The van der Waals surface area contributed by atoms with Gasteiger partial charge in [-0.25, -0.2) is 0 Å². The SMILES string of the molecule is O=C([O-])C[C@H](O)CC(O)COc1c(Cl)cc(Cl)cc1-c1ccccc1.[Na+]. The van der Waals surface area contributed by atoms with Gasteiger partial charge in [-0.05, 0) is 17.7 Å². The average molecular weight is 407 g/mol. The molecule has 0 saturated heterocycles. The minimum absolute atomic E-state index is 0. The van der Waals surface area contributed by atoms with Gasteiger partial charge in [0, 0.05) is 29.4 Å². The number of hydrogen-bond acceptors (Lipinski definition) is 5. The van der Waals surface area contributed by atoms with Crippen LogP contribution in [-0.2, 0) is 4.79 Å². The first-order chi connectivity index (χ1) is 11.9. The number of carboxylic acids is 1. The van der Waals surface area contributed by atoms with Crippen LogP contribution in [0.3, 0.4) is 0 Å². The molecule has 0 amide bonds. The molecule has 2 aromatic carbocycles. The summed E-state index contributed by atoms with van der Waals surface area (Å²) < 4.78 is 5.63. The molecule has 0 saturated carbocycles. The summed E-state index contributed by atoms with van der Waals surface area (Å²) in [7, 11) is 0. The molecule has 5 nitrogen and oxygen atoms in total. The number of aliphatic hydroxyl groups excluding tert-OH is 2. The minimum atomic E-state index is -1.38. The van der Waals surface area contributed by atoms with Crippen LogP contribution in [0.5, 0.6) is 5.75 Å². The van der Waals surface area contributed by atoms with E-state index in [0.717, 1.165) is 5.56 Å². The fourth-order valence-electron chi connectivity index (χ4n) is 2.38. The molecule has 0 spiro atoms. The van der Waals surface area contributed by atoms with E-state index in [2.05, 4.69) is 0 Å². The van der Waals surface area contributed by atoms with Gasteiger partial charge in [0.05, 0.1) is 17.2 Å². The van der Waals surface area contributed by atoms with Crippen LogP contribution in [0.2, 0.25) is 10.0 Å². The van der Waals surface area contributed by atoms with E-state index in [9.17, 15) is 20.1 Å². The predicted molar refractivity (Wildman–Crippen MR) is 93.6 cm³/mol. The summed E-state index contributed by atoms with van der Waals surface area (Å²) in [6.45, 7) is -0.161. The van der Waals surface area contributed by atoms with Gasteiger partial charge >= 0.3 is 29.6 Å². The van der Waals surface area contributed by atoms with Crippen molar-refractivity contribution in [2.75, 3.05) is 6.61 Å². The van der Waals surface area contributed by atoms with E-state index in [1.165, 1.54) is 6.07 Å². The Labute approximate surface area is 183 Å². The zero-order valence-electron chi connectivity index (χ0n) is 14.2. The van der Waals surface area contributed by atoms with Gasteiger partial charge in [-0.2, -0.15) is 0 Å². The van der Waals surface area contributed by atoms with Crippen molar-refractivity contribution in [1.82, 2.24) is 0 Å². The van der Waals surface area contributed by atoms with Crippen LogP contribution in [0.25, 0.3) is 11.1 Å². The standard InChI is InChI=1S/C18H18Cl2O5.Na/c19-12-6-15(11-4-2-1-3-5-11)18(16(20)7-12)25-10-14(22)8-13(21)9-17(23)24;/h1-7,13-14,21-22H,8-10H2,(H,23,24);/q;+1/p-1/t13-,14?;/m1./s1. The maximum Gasteiger partial charge on any atom is 1.00 e. The van der Waals surface area contributed by atoms with Crippen LogP contribution in [0.4, 0.5) is 0 Å². The van der Waals surface area contributed by atoms with Crippen molar-refractivity contribution in [3.63, 3.8) is 0 Å². The molecule has 0 aliphatic heterocycles. The number of aliphatic hydroxyl groups is 2. The summed E-state index contributed by atoms with van der Waals surface area (Å²) >= 11 is 12.3. The normalized spacial score (nSPS) is 12.8. The number of ether oxygens (including phenoxy) is 1. The average Bonchev–Trinajstić information content (AvgIpc) is 2.53. The first-order valence-electron chi connectivity index (χ1n) is 7.60. The monoisotopic (exact) mass is 406 g/mol. The first kappa shape index (κ1) is 23.2. The molecule has 2 atom stereocenters. The topological polar surface area (TPSA) is 89.8 Å². The summed E-state index contributed by atoms with van der Waals surface area (Å²) in [4.78, 5) is 10.4. The van der Waals surface area contributed by atoms with Crippen molar-refractivity contribution in [1.29, 1.82) is 0 Å². The van der Waals surface area contributed by atoms with Crippen LogP contribution < -0.4 is 39.4 Å². The molecular weight excluding hydrogens is 390 g/mol.